The monoisotopic (exact) mass is 808 g/mol. The Morgan fingerprint density at radius 2 is 1.04 bits per heavy atom. The lowest BCUT2D eigenvalue weighted by Gasteiger charge is -2.20. The predicted molar refractivity (Wildman–Crippen MR) is 225 cm³/mol. The summed E-state index contributed by atoms with van der Waals surface area (Å²) in [5, 5.41) is 27.9. The minimum atomic E-state index is -4.65. The molecule has 0 saturated heterocycles. The number of ether oxygens (including phenoxy) is 2. The number of carbonyl (C=O) groups excluding carboxylic acids is 2. The van der Waals surface area contributed by atoms with Crippen LogP contribution in [0.25, 0.3) is 0 Å². The molecule has 4 N–H and O–H groups in total. The summed E-state index contributed by atoms with van der Waals surface area (Å²) in [5.74, 6) is -1.06. The lowest BCUT2D eigenvalue weighted by atomic mass is 10.1. The number of hydrogen-bond donors (Lipinski definition) is 4. The van der Waals surface area contributed by atoms with Gasteiger partial charge in [0.1, 0.15) is 12.7 Å². The average Bonchev–Trinajstić information content (AvgIpc) is 3.19. The van der Waals surface area contributed by atoms with Crippen molar-refractivity contribution in [1.82, 2.24) is 0 Å². The van der Waals surface area contributed by atoms with Gasteiger partial charge in [-0.25, -0.2) is 4.57 Å². The molecule has 0 aliphatic carbocycles. The zero-order valence-electron chi connectivity index (χ0n) is 34.2. The number of allylic oxidation sites excluding steroid dienone is 14. The number of aliphatic hydroxyl groups excluding tert-OH is 3. The number of phosphoric ester groups is 1. The molecule has 0 heterocycles. The summed E-state index contributed by atoms with van der Waals surface area (Å²) in [6.45, 7) is 1.92. The molecule has 0 fully saturated rings. The molecule has 0 radical (unpaired) electrons. The Morgan fingerprint density at radius 3 is 1.55 bits per heavy atom. The molecule has 0 aliphatic heterocycles. The minimum absolute atomic E-state index is 0.112. The number of rotatable bonds is 37. The van der Waals surface area contributed by atoms with E-state index in [2.05, 4.69) is 84.4 Å². The first-order chi connectivity index (χ1) is 27.1. The Morgan fingerprint density at radius 1 is 0.571 bits per heavy atom. The van der Waals surface area contributed by atoms with Gasteiger partial charge in [0.15, 0.2) is 6.10 Å². The summed E-state index contributed by atoms with van der Waals surface area (Å²) in [6.07, 6.45) is 42.2. The van der Waals surface area contributed by atoms with Crippen LogP contribution in [0.15, 0.2) is 85.1 Å². The Kier molecular flexibility index (Phi) is 36.9. The average molecular weight is 809 g/mol. The highest BCUT2D eigenvalue weighted by Gasteiger charge is 2.27. The van der Waals surface area contributed by atoms with Crippen LogP contribution in [-0.4, -0.2) is 76.9 Å². The standard InChI is InChI=1S/C44H73O11P/c1-3-5-6-7-8-9-10-11-12-17-20-23-26-29-32-35-44(49)55-42(39-54-56(50,51)53-37-41(47)36-45)38-52-43(48)34-31-28-25-22-19-16-14-13-15-18-21-24-27-30-33-40(46)4-2/h8-9,11-12,14-16,18,20,22-25,27,40-42,45-47H,3-7,10,13,17,19,21,26,28-39H2,1-2H3,(H,50,51)/b9-8-,12-11-,16-14-,18-15-,23-20-,25-22-,27-24-/t40-,41-,42+/m0/s1. The molecule has 12 heteroatoms. The van der Waals surface area contributed by atoms with Crippen LogP contribution in [0.4, 0.5) is 0 Å². The molecule has 0 aromatic carbocycles. The summed E-state index contributed by atoms with van der Waals surface area (Å²) in [4.78, 5) is 34.9. The second-order valence-electron chi connectivity index (χ2n) is 13.4. The third-order valence-electron chi connectivity index (χ3n) is 8.19. The van der Waals surface area contributed by atoms with Crippen LogP contribution in [0.5, 0.6) is 0 Å². The van der Waals surface area contributed by atoms with Gasteiger partial charge in [-0.15, -0.1) is 0 Å². The molecule has 4 atom stereocenters. The number of unbranched alkanes of at least 4 members (excludes halogenated alkanes) is 6. The summed E-state index contributed by atoms with van der Waals surface area (Å²) >= 11 is 0. The molecular formula is C44H73O11P. The van der Waals surface area contributed by atoms with E-state index in [0.717, 1.165) is 70.6 Å². The van der Waals surface area contributed by atoms with Gasteiger partial charge in [-0.2, -0.15) is 0 Å². The number of hydrogen-bond acceptors (Lipinski definition) is 10. The van der Waals surface area contributed by atoms with Crippen LogP contribution in [0.3, 0.4) is 0 Å². The molecular weight excluding hydrogens is 735 g/mol. The molecule has 0 aromatic heterocycles. The van der Waals surface area contributed by atoms with Crippen molar-refractivity contribution in [3.05, 3.63) is 85.1 Å². The van der Waals surface area contributed by atoms with Crippen LogP contribution in [-0.2, 0) is 32.7 Å². The number of phosphoric acid groups is 1. The second-order valence-corrected chi connectivity index (χ2v) is 14.9. The fraction of sp³-hybridized carbons (Fsp3) is 0.636. The van der Waals surface area contributed by atoms with E-state index in [4.69, 9.17) is 19.1 Å². The van der Waals surface area contributed by atoms with Gasteiger partial charge in [0.25, 0.3) is 0 Å². The minimum Gasteiger partial charge on any atom is -0.462 e. The summed E-state index contributed by atoms with van der Waals surface area (Å²) < 4.78 is 32.5. The zero-order valence-corrected chi connectivity index (χ0v) is 35.1. The molecule has 11 nitrogen and oxygen atoms in total. The molecule has 56 heavy (non-hydrogen) atoms. The van der Waals surface area contributed by atoms with Crippen molar-refractivity contribution in [2.24, 2.45) is 0 Å². The molecule has 320 valence electrons. The summed E-state index contributed by atoms with van der Waals surface area (Å²) in [7, 11) is -4.65. The Balaban J connectivity index is 4.52. The first kappa shape index (κ1) is 53.1. The van der Waals surface area contributed by atoms with E-state index >= 15 is 0 Å². The highest BCUT2D eigenvalue weighted by atomic mass is 31.2. The fourth-order valence-corrected chi connectivity index (χ4v) is 5.58. The topological polar surface area (TPSA) is 169 Å². The number of carbonyl (C=O) groups is 2. The van der Waals surface area contributed by atoms with Crippen molar-refractivity contribution in [2.45, 2.75) is 154 Å². The van der Waals surface area contributed by atoms with Crippen LogP contribution in [0.1, 0.15) is 136 Å². The van der Waals surface area contributed by atoms with Crippen molar-refractivity contribution in [1.29, 1.82) is 0 Å². The highest BCUT2D eigenvalue weighted by Crippen LogP contribution is 2.43. The van der Waals surface area contributed by atoms with Crippen LogP contribution >= 0.6 is 7.82 Å². The molecule has 0 bridgehead atoms. The largest absolute Gasteiger partial charge is 0.472 e. The van der Waals surface area contributed by atoms with E-state index in [1.165, 1.54) is 19.3 Å². The van der Waals surface area contributed by atoms with Crippen LogP contribution in [0, 0.1) is 0 Å². The first-order valence-electron chi connectivity index (χ1n) is 20.6. The number of esters is 2. The Hall–Kier alpha value is -2.89. The van der Waals surface area contributed by atoms with E-state index in [-0.39, 0.29) is 25.6 Å². The maximum absolute atomic E-state index is 12.6. The van der Waals surface area contributed by atoms with Crippen molar-refractivity contribution in [2.75, 3.05) is 26.4 Å². The van der Waals surface area contributed by atoms with Crippen molar-refractivity contribution >= 4 is 19.8 Å². The van der Waals surface area contributed by atoms with E-state index in [1.807, 2.05) is 19.1 Å². The SMILES string of the molecule is CCCCC/C=C\C/C=C\C/C=C\CCCCC(=O)O[C@H](COC(=O)CCC/C=C\C/C=C\C/C=C\C/C=C\CC[C@@H](O)CC)COP(=O)(O)OC[C@@H](O)CO. The number of aliphatic hydroxyl groups is 3. The van der Waals surface area contributed by atoms with E-state index < -0.39 is 51.8 Å². The molecule has 0 saturated carbocycles. The van der Waals surface area contributed by atoms with Gasteiger partial charge < -0.3 is 29.7 Å². The van der Waals surface area contributed by atoms with Crippen molar-refractivity contribution < 1.29 is 52.9 Å². The second kappa shape index (κ2) is 39.0. The third kappa shape index (κ3) is 38.0. The van der Waals surface area contributed by atoms with E-state index in [0.29, 0.717) is 19.3 Å². The maximum atomic E-state index is 12.6. The smallest absolute Gasteiger partial charge is 0.462 e. The van der Waals surface area contributed by atoms with Crippen molar-refractivity contribution in [3.8, 4) is 0 Å². The molecule has 0 spiro atoms. The van der Waals surface area contributed by atoms with Gasteiger partial charge in [0, 0.05) is 12.8 Å². The first-order valence-corrected chi connectivity index (χ1v) is 22.1. The maximum Gasteiger partial charge on any atom is 0.472 e. The third-order valence-corrected chi connectivity index (χ3v) is 9.14. The molecule has 1 unspecified atom stereocenters. The molecule has 0 aromatic rings. The Labute approximate surface area is 337 Å². The van der Waals surface area contributed by atoms with Crippen molar-refractivity contribution in [3.63, 3.8) is 0 Å². The Bertz CT molecular complexity index is 1220. The van der Waals surface area contributed by atoms with E-state index in [9.17, 15) is 29.3 Å². The molecule has 0 aliphatic rings. The van der Waals surface area contributed by atoms with Crippen LogP contribution in [0.2, 0.25) is 0 Å². The summed E-state index contributed by atoms with van der Waals surface area (Å²) in [6, 6.07) is 0. The van der Waals surface area contributed by atoms with Crippen LogP contribution < -0.4 is 0 Å². The van der Waals surface area contributed by atoms with Gasteiger partial charge in [0.2, 0.25) is 0 Å². The predicted octanol–water partition coefficient (Wildman–Crippen LogP) is 9.63. The lowest BCUT2D eigenvalue weighted by molar-refractivity contribution is -0.161. The quantitative estimate of drug-likeness (QED) is 0.0204. The highest BCUT2D eigenvalue weighted by molar-refractivity contribution is 7.47. The normalized spacial score (nSPS) is 15.3. The van der Waals surface area contributed by atoms with Gasteiger partial charge in [0.05, 0.1) is 25.9 Å². The van der Waals surface area contributed by atoms with E-state index in [1.54, 1.807) is 0 Å². The molecule has 0 rings (SSSR count). The zero-order chi connectivity index (χ0) is 41.4. The fourth-order valence-electron chi connectivity index (χ4n) is 4.79. The van der Waals surface area contributed by atoms with Gasteiger partial charge in [-0.05, 0) is 96.3 Å². The van der Waals surface area contributed by atoms with Gasteiger partial charge in [-0.1, -0.05) is 112 Å². The lowest BCUT2D eigenvalue weighted by Crippen LogP contribution is -2.29. The molecule has 0 amide bonds. The summed E-state index contributed by atoms with van der Waals surface area (Å²) in [5.41, 5.74) is 0. The van der Waals surface area contributed by atoms with Gasteiger partial charge in [-0.3, -0.25) is 18.6 Å². The van der Waals surface area contributed by atoms with Gasteiger partial charge >= 0.3 is 19.8 Å².